The van der Waals surface area contributed by atoms with Crippen LogP contribution in [0, 0.1) is 0 Å². The maximum absolute atomic E-state index is 4.27. The molecule has 0 unspecified atom stereocenters. The first kappa shape index (κ1) is 13.1. The molecule has 0 fully saturated rings. The van der Waals surface area contributed by atoms with E-state index in [1.165, 1.54) is 48.8 Å². The van der Waals surface area contributed by atoms with Crippen molar-refractivity contribution in [2.24, 2.45) is 4.99 Å². The molecule has 96 valence electrons. The molecule has 1 aliphatic heterocycles. The Labute approximate surface area is 111 Å². The summed E-state index contributed by atoms with van der Waals surface area (Å²) in [6, 6.07) is 6.98. The zero-order valence-corrected chi connectivity index (χ0v) is 11.6. The lowest BCUT2D eigenvalue weighted by atomic mass is 9.94. The van der Waals surface area contributed by atoms with Gasteiger partial charge in [0.1, 0.15) is 0 Å². The summed E-state index contributed by atoms with van der Waals surface area (Å²) in [6.45, 7) is 5.36. The molecule has 0 aliphatic carbocycles. The SMILES string of the molecule is CCCCc1ccc(C2=CC=NC2)cc1CCC. The predicted molar refractivity (Wildman–Crippen MR) is 80.4 cm³/mol. The van der Waals surface area contributed by atoms with Gasteiger partial charge in [0.25, 0.3) is 0 Å². The van der Waals surface area contributed by atoms with Crippen LogP contribution >= 0.6 is 0 Å². The fourth-order valence-corrected chi connectivity index (χ4v) is 2.47. The molecule has 1 aromatic rings. The molecular weight excluding hydrogens is 218 g/mol. The van der Waals surface area contributed by atoms with Gasteiger partial charge in [0.2, 0.25) is 0 Å². The van der Waals surface area contributed by atoms with Gasteiger partial charge in [-0.15, -0.1) is 0 Å². The molecule has 0 saturated heterocycles. The fourth-order valence-electron chi connectivity index (χ4n) is 2.47. The van der Waals surface area contributed by atoms with Crippen molar-refractivity contribution >= 4 is 11.8 Å². The molecule has 0 N–H and O–H groups in total. The summed E-state index contributed by atoms with van der Waals surface area (Å²) in [6.07, 6.45) is 10.3. The zero-order valence-electron chi connectivity index (χ0n) is 11.6. The Morgan fingerprint density at radius 2 is 1.94 bits per heavy atom. The van der Waals surface area contributed by atoms with Crippen molar-refractivity contribution < 1.29 is 0 Å². The van der Waals surface area contributed by atoms with E-state index in [-0.39, 0.29) is 0 Å². The quantitative estimate of drug-likeness (QED) is 0.697. The van der Waals surface area contributed by atoms with E-state index in [0.717, 1.165) is 6.54 Å². The second-order valence-corrected chi connectivity index (χ2v) is 5.02. The molecule has 0 spiro atoms. The zero-order chi connectivity index (χ0) is 12.8. The van der Waals surface area contributed by atoms with E-state index in [0.29, 0.717) is 0 Å². The fraction of sp³-hybridized carbons (Fsp3) is 0.471. The summed E-state index contributed by atoms with van der Waals surface area (Å²) in [5.74, 6) is 0. The molecule has 1 nitrogen and oxygen atoms in total. The Morgan fingerprint density at radius 1 is 1.06 bits per heavy atom. The molecule has 0 aromatic heterocycles. The minimum atomic E-state index is 0.847. The van der Waals surface area contributed by atoms with Crippen LogP contribution in [0.25, 0.3) is 5.57 Å². The molecule has 18 heavy (non-hydrogen) atoms. The first-order valence-corrected chi connectivity index (χ1v) is 7.16. The van der Waals surface area contributed by atoms with Crippen LogP contribution in [0.5, 0.6) is 0 Å². The lowest BCUT2D eigenvalue weighted by Gasteiger charge is -2.11. The Bertz CT molecular complexity index is 455. The lowest BCUT2D eigenvalue weighted by Crippen LogP contribution is -1.97. The number of aliphatic imine (C=N–C) groups is 1. The highest BCUT2D eigenvalue weighted by molar-refractivity contribution is 5.89. The summed E-state index contributed by atoms with van der Waals surface area (Å²) in [5.41, 5.74) is 5.80. The molecule has 0 atom stereocenters. The van der Waals surface area contributed by atoms with E-state index in [1.807, 2.05) is 6.21 Å². The Kier molecular flexibility index (Phi) is 4.74. The smallest absolute Gasteiger partial charge is 0.0646 e. The predicted octanol–water partition coefficient (Wildman–Crippen LogP) is 4.45. The summed E-state index contributed by atoms with van der Waals surface area (Å²) < 4.78 is 0. The highest BCUT2D eigenvalue weighted by Gasteiger charge is 2.08. The summed E-state index contributed by atoms with van der Waals surface area (Å²) in [4.78, 5) is 4.27. The topological polar surface area (TPSA) is 12.4 Å². The van der Waals surface area contributed by atoms with Gasteiger partial charge in [-0.3, -0.25) is 4.99 Å². The van der Waals surface area contributed by atoms with Gasteiger partial charge in [-0.25, -0.2) is 0 Å². The van der Waals surface area contributed by atoms with Crippen LogP contribution in [0.4, 0.5) is 0 Å². The second-order valence-electron chi connectivity index (χ2n) is 5.02. The number of aryl methyl sites for hydroxylation is 2. The van der Waals surface area contributed by atoms with Crippen LogP contribution < -0.4 is 0 Å². The van der Waals surface area contributed by atoms with E-state index in [4.69, 9.17) is 0 Å². The van der Waals surface area contributed by atoms with Gasteiger partial charge >= 0.3 is 0 Å². The number of allylic oxidation sites excluding steroid dienone is 1. The number of benzene rings is 1. The van der Waals surface area contributed by atoms with Gasteiger partial charge in [-0.05, 0) is 47.6 Å². The maximum Gasteiger partial charge on any atom is 0.0646 e. The maximum atomic E-state index is 4.27. The third-order valence-corrected chi connectivity index (χ3v) is 3.54. The van der Waals surface area contributed by atoms with Crippen molar-refractivity contribution in [3.05, 3.63) is 41.0 Å². The minimum Gasteiger partial charge on any atom is -0.288 e. The van der Waals surface area contributed by atoms with E-state index < -0.39 is 0 Å². The van der Waals surface area contributed by atoms with Gasteiger partial charge < -0.3 is 0 Å². The molecule has 1 aromatic carbocycles. The Morgan fingerprint density at radius 3 is 2.61 bits per heavy atom. The molecule has 1 heteroatoms. The van der Waals surface area contributed by atoms with Crippen LogP contribution in [0.3, 0.4) is 0 Å². The first-order chi connectivity index (χ1) is 8.85. The minimum absolute atomic E-state index is 0.847. The molecule has 1 aliphatic rings. The van der Waals surface area contributed by atoms with Gasteiger partial charge in [0.15, 0.2) is 0 Å². The monoisotopic (exact) mass is 241 g/mol. The van der Waals surface area contributed by atoms with E-state index in [1.54, 1.807) is 5.56 Å². The third kappa shape index (κ3) is 3.10. The van der Waals surface area contributed by atoms with Crippen LogP contribution in [0.15, 0.2) is 29.3 Å². The lowest BCUT2D eigenvalue weighted by molar-refractivity contribution is 0.780. The molecule has 2 rings (SSSR count). The number of rotatable bonds is 6. The number of hydrogen-bond acceptors (Lipinski definition) is 1. The molecule has 0 saturated carbocycles. The summed E-state index contributed by atoms with van der Waals surface area (Å²) >= 11 is 0. The highest BCUT2D eigenvalue weighted by atomic mass is 14.7. The van der Waals surface area contributed by atoms with Crippen molar-refractivity contribution in [1.29, 1.82) is 0 Å². The van der Waals surface area contributed by atoms with Crippen molar-refractivity contribution in [1.82, 2.24) is 0 Å². The molecular formula is C17H23N. The van der Waals surface area contributed by atoms with Gasteiger partial charge in [-0.1, -0.05) is 44.9 Å². The van der Waals surface area contributed by atoms with Gasteiger partial charge in [0, 0.05) is 6.21 Å². The Hall–Kier alpha value is -1.37. The molecule has 1 heterocycles. The third-order valence-electron chi connectivity index (χ3n) is 3.54. The molecule has 0 radical (unpaired) electrons. The van der Waals surface area contributed by atoms with Crippen molar-refractivity contribution in [3.8, 4) is 0 Å². The molecule has 0 bridgehead atoms. The van der Waals surface area contributed by atoms with Crippen LogP contribution in [-0.4, -0.2) is 12.8 Å². The van der Waals surface area contributed by atoms with Gasteiger partial charge in [-0.2, -0.15) is 0 Å². The van der Waals surface area contributed by atoms with Crippen LogP contribution in [-0.2, 0) is 12.8 Å². The average molecular weight is 241 g/mol. The van der Waals surface area contributed by atoms with Gasteiger partial charge in [0.05, 0.1) is 6.54 Å². The van der Waals surface area contributed by atoms with Crippen LogP contribution in [0.2, 0.25) is 0 Å². The van der Waals surface area contributed by atoms with Crippen molar-refractivity contribution in [3.63, 3.8) is 0 Å². The highest BCUT2D eigenvalue weighted by Crippen LogP contribution is 2.23. The summed E-state index contributed by atoms with van der Waals surface area (Å²) in [5, 5.41) is 0. The standard InChI is InChI=1S/C17H23N/c1-3-5-7-14-8-9-16(12-15(14)6-4-2)17-10-11-18-13-17/h8-12H,3-7,13H2,1-2H3. The molecule has 0 amide bonds. The second kappa shape index (κ2) is 6.53. The van der Waals surface area contributed by atoms with E-state index in [2.05, 4.69) is 43.1 Å². The number of hydrogen-bond donors (Lipinski definition) is 0. The average Bonchev–Trinajstić information content (AvgIpc) is 2.91. The number of nitrogens with zero attached hydrogens (tertiary/aromatic N) is 1. The largest absolute Gasteiger partial charge is 0.288 e. The van der Waals surface area contributed by atoms with E-state index >= 15 is 0 Å². The number of unbranched alkanes of at least 4 members (excludes halogenated alkanes) is 1. The van der Waals surface area contributed by atoms with Crippen molar-refractivity contribution in [2.45, 2.75) is 46.0 Å². The normalized spacial score (nSPS) is 14.0. The summed E-state index contributed by atoms with van der Waals surface area (Å²) in [7, 11) is 0. The van der Waals surface area contributed by atoms with Crippen LogP contribution in [0.1, 0.15) is 49.8 Å². The first-order valence-electron chi connectivity index (χ1n) is 7.16. The van der Waals surface area contributed by atoms with E-state index in [9.17, 15) is 0 Å². The van der Waals surface area contributed by atoms with Crippen molar-refractivity contribution in [2.75, 3.05) is 6.54 Å². The Balaban J connectivity index is 2.21.